The van der Waals surface area contributed by atoms with Crippen LogP contribution in [-0.2, 0) is 4.74 Å². The number of halogens is 1. The van der Waals surface area contributed by atoms with Gasteiger partial charge in [0.05, 0.1) is 24.5 Å². The molecule has 2 atom stereocenters. The van der Waals surface area contributed by atoms with Gasteiger partial charge < -0.3 is 15.4 Å². The molecule has 7 heteroatoms. The first-order valence-corrected chi connectivity index (χ1v) is 6.68. The van der Waals surface area contributed by atoms with Crippen molar-refractivity contribution in [3.63, 3.8) is 0 Å². The van der Waals surface area contributed by atoms with Crippen molar-refractivity contribution in [3.05, 3.63) is 12.4 Å². The number of likely N-dealkylation sites (tertiary alicyclic amines) is 1. The summed E-state index contributed by atoms with van der Waals surface area (Å²) in [4.78, 5) is 13.3. The highest BCUT2D eigenvalue weighted by Gasteiger charge is 2.34. The summed E-state index contributed by atoms with van der Waals surface area (Å²) in [6.07, 6.45) is 1.93. The molecular formula is C13H21FN4O2. The molecule has 1 amide bonds. The van der Waals surface area contributed by atoms with Gasteiger partial charge in [-0.2, -0.15) is 5.10 Å². The number of hydrogen-bond acceptors (Lipinski definition) is 4. The van der Waals surface area contributed by atoms with Gasteiger partial charge in [0.15, 0.2) is 0 Å². The third-order valence-corrected chi connectivity index (χ3v) is 3.12. The monoisotopic (exact) mass is 284 g/mol. The lowest BCUT2D eigenvalue weighted by Crippen LogP contribution is -2.47. The molecule has 6 nitrogen and oxygen atoms in total. The molecule has 1 aromatic heterocycles. The maximum atomic E-state index is 14.2. The van der Waals surface area contributed by atoms with Crippen molar-refractivity contribution < 1.29 is 13.9 Å². The minimum atomic E-state index is -1.18. The highest BCUT2D eigenvalue weighted by molar-refractivity contribution is 5.68. The number of nitrogens with zero attached hydrogens (tertiary/aromatic N) is 3. The Balaban J connectivity index is 1.97. The van der Waals surface area contributed by atoms with Crippen molar-refractivity contribution in [1.82, 2.24) is 14.7 Å². The molecule has 1 aliphatic heterocycles. The van der Waals surface area contributed by atoms with Gasteiger partial charge >= 0.3 is 6.09 Å². The molecule has 0 spiro atoms. The van der Waals surface area contributed by atoms with E-state index in [0.717, 1.165) is 0 Å². The molecule has 0 radical (unpaired) electrons. The Morgan fingerprint density at radius 3 is 2.75 bits per heavy atom. The highest BCUT2D eigenvalue weighted by Crippen LogP contribution is 2.26. The predicted molar refractivity (Wildman–Crippen MR) is 73.0 cm³/mol. The van der Waals surface area contributed by atoms with Crippen LogP contribution in [0.5, 0.6) is 0 Å². The SMILES string of the molecule is CC(C)(C)OC(=O)N1CC[C@H](n2cc(N)cn2)[C@@H](F)C1. The summed E-state index contributed by atoms with van der Waals surface area (Å²) in [5.74, 6) is 0. The number of alkyl halides is 1. The lowest BCUT2D eigenvalue weighted by Gasteiger charge is -2.35. The van der Waals surface area contributed by atoms with Crippen molar-refractivity contribution in [2.45, 2.75) is 45.0 Å². The van der Waals surface area contributed by atoms with Gasteiger partial charge in [0.1, 0.15) is 11.8 Å². The fourth-order valence-electron chi connectivity index (χ4n) is 2.22. The van der Waals surface area contributed by atoms with Crippen LogP contribution < -0.4 is 5.73 Å². The van der Waals surface area contributed by atoms with Crippen LogP contribution >= 0.6 is 0 Å². The third kappa shape index (κ3) is 3.40. The lowest BCUT2D eigenvalue weighted by atomic mass is 10.0. The quantitative estimate of drug-likeness (QED) is 0.856. The highest BCUT2D eigenvalue weighted by atomic mass is 19.1. The Bertz CT molecular complexity index is 483. The molecular weight excluding hydrogens is 263 g/mol. The van der Waals surface area contributed by atoms with E-state index < -0.39 is 17.9 Å². The first kappa shape index (κ1) is 14.6. The van der Waals surface area contributed by atoms with Gasteiger partial charge in [0.25, 0.3) is 0 Å². The summed E-state index contributed by atoms with van der Waals surface area (Å²) in [6, 6.07) is -0.383. The minimum Gasteiger partial charge on any atom is -0.444 e. The maximum absolute atomic E-state index is 14.2. The van der Waals surface area contributed by atoms with E-state index >= 15 is 0 Å². The molecule has 0 aromatic carbocycles. The van der Waals surface area contributed by atoms with E-state index in [1.165, 1.54) is 15.8 Å². The number of carbonyl (C=O) groups excluding carboxylic acids is 1. The van der Waals surface area contributed by atoms with Crippen molar-refractivity contribution in [2.75, 3.05) is 18.8 Å². The van der Waals surface area contributed by atoms with Gasteiger partial charge in [-0.25, -0.2) is 9.18 Å². The first-order chi connectivity index (χ1) is 9.26. The van der Waals surface area contributed by atoms with Crippen LogP contribution in [0.3, 0.4) is 0 Å². The van der Waals surface area contributed by atoms with Gasteiger partial charge in [-0.05, 0) is 27.2 Å². The summed E-state index contributed by atoms with van der Waals surface area (Å²) < 4.78 is 21.0. The van der Waals surface area contributed by atoms with Crippen LogP contribution in [0.25, 0.3) is 0 Å². The average molecular weight is 284 g/mol. The molecule has 1 aromatic rings. The zero-order valence-electron chi connectivity index (χ0n) is 12.0. The molecule has 0 bridgehead atoms. The topological polar surface area (TPSA) is 73.4 Å². The number of anilines is 1. The molecule has 0 aliphatic carbocycles. The number of amides is 1. The second-order valence-electron chi connectivity index (χ2n) is 6.05. The summed E-state index contributed by atoms with van der Waals surface area (Å²) in [7, 11) is 0. The zero-order chi connectivity index (χ0) is 14.9. The molecule has 2 rings (SSSR count). The second kappa shape index (κ2) is 5.30. The van der Waals surface area contributed by atoms with Gasteiger partial charge in [-0.3, -0.25) is 4.68 Å². The van der Waals surface area contributed by atoms with E-state index in [2.05, 4.69) is 5.10 Å². The number of ether oxygens (including phenoxy) is 1. The van der Waals surface area contributed by atoms with E-state index in [1.807, 2.05) is 0 Å². The summed E-state index contributed by atoms with van der Waals surface area (Å²) >= 11 is 0. The van der Waals surface area contributed by atoms with Crippen molar-refractivity contribution in [1.29, 1.82) is 0 Å². The first-order valence-electron chi connectivity index (χ1n) is 6.68. The Morgan fingerprint density at radius 2 is 2.25 bits per heavy atom. The maximum Gasteiger partial charge on any atom is 0.410 e. The van der Waals surface area contributed by atoms with E-state index in [-0.39, 0.29) is 12.6 Å². The molecule has 1 aliphatic rings. The van der Waals surface area contributed by atoms with Gasteiger partial charge in [-0.15, -0.1) is 0 Å². The van der Waals surface area contributed by atoms with E-state index in [1.54, 1.807) is 27.0 Å². The van der Waals surface area contributed by atoms with Crippen LogP contribution in [0, 0.1) is 0 Å². The van der Waals surface area contributed by atoms with Gasteiger partial charge in [0, 0.05) is 12.7 Å². The molecule has 112 valence electrons. The fourth-order valence-corrected chi connectivity index (χ4v) is 2.22. The predicted octanol–water partition coefficient (Wildman–Crippen LogP) is 1.99. The van der Waals surface area contributed by atoms with Gasteiger partial charge in [-0.1, -0.05) is 0 Å². The van der Waals surface area contributed by atoms with Gasteiger partial charge in [0.2, 0.25) is 0 Å². The molecule has 1 fully saturated rings. The summed E-state index contributed by atoms with van der Waals surface area (Å²) in [5.41, 5.74) is 5.52. The van der Waals surface area contributed by atoms with E-state index in [9.17, 15) is 9.18 Å². The number of nitrogen functional groups attached to an aromatic ring is 1. The standard InChI is InChI=1S/C13H21FN4O2/c1-13(2,3)20-12(19)17-5-4-11(10(14)8-17)18-7-9(15)6-16-18/h6-7,10-11H,4-5,8,15H2,1-3H3/t10-,11-/m0/s1. The van der Waals surface area contributed by atoms with Crippen molar-refractivity contribution in [2.24, 2.45) is 0 Å². The number of aromatic nitrogens is 2. The number of carbonyl (C=O) groups is 1. The molecule has 0 unspecified atom stereocenters. The Labute approximate surface area is 117 Å². The third-order valence-electron chi connectivity index (χ3n) is 3.12. The Morgan fingerprint density at radius 1 is 1.55 bits per heavy atom. The van der Waals surface area contributed by atoms with Crippen molar-refractivity contribution in [3.8, 4) is 0 Å². The number of piperidine rings is 1. The van der Waals surface area contributed by atoms with Crippen LogP contribution in [0.4, 0.5) is 14.9 Å². The number of nitrogens with two attached hydrogens (primary N) is 1. The van der Waals surface area contributed by atoms with E-state index in [0.29, 0.717) is 18.7 Å². The average Bonchev–Trinajstić information content (AvgIpc) is 2.73. The molecule has 0 saturated carbocycles. The van der Waals surface area contributed by atoms with Crippen LogP contribution in [0.15, 0.2) is 12.4 Å². The Kier molecular flexibility index (Phi) is 3.87. The molecule has 1 saturated heterocycles. The molecule has 2 heterocycles. The number of rotatable bonds is 1. The largest absolute Gasteiger partial charge is 0.444 e. The smallest absolute Gasteiger partial charge is 0.410 e. The minimum absolute atomic E-state index is 0.0132. The van der Waals surface area contributed by atoms with Crippen molar-refractivity contribution >= 4 is 11.8 Å². The summed E-state index contributed by atoms with van der Waals surface area (Å²) in [5, 5.41) is 4.04. The zero-order valence-corrected chi connectivity index (χ0v) is 12.0. The number of hydrogen-bond donors (Lipinski definition) is 1. The normalized spacial score (nSPS) is 23.7. The lowest BCUT2D eigenvalue weighted by molar-refractivity contribution is 0.00576. The van der Waals surface area contributed by atoms with Crippen LogP contribution in [-0.4, -0.2) is 45.6 Å². The summed E-state index contributed by atoms with van der Waals surface area (Å²) in [6.45, 7) is 5.82. The second-order valence-corrected chi connectivity index (χ2v) is 6.05. The molecule has 2 N–H and O–H groups in total. The fraction of sp³-hybridized carbons (Fsp3) is 0.692. The van der Waals surface area contributed by atoms with Crippen LogP contribution in [0.1, 0.15) is 33.2 Å². The van der Waals surface area contributed by atoms with E-state index in [4.69, 9.17) is 10.5 Å². The van der Waals surface area contributed by atoms with Crippen LogP contribution in [0.2, 0.25) is 0 Å². The molecule has 20 heavy (non-hydrogen) atoms. The Hall–Kier alpha value is -1.79.